The van der Waals surface area contributed by atoms with Crippen LogP contribution in [0, 0.1) is 6.92 Å². The van der Waals surface area contributed by atoms with Gasteiger partial charge in [-0.15, -0.1) is 13.2 Å². The summed E-state index contributed by atoms with van der Waals surface area (Å²) in [5.41, 5.74) is 3.89. The standard InChI is InChI=1S/C26H20F3N7O2/c1-15-6-7-18(32-25(37)17-4-3-5-19(12-17)38-26(27,28)29)13-20(15)33-23-21-24(36(2)14-31-21)35-22(34-23)16-8-10-30-11-9-16/h3-14H,1-2H3,(H,32,37)(H,33,34,35). The number of amides is 1. The van der Waals surface area contributed by atoms with Gasteiger partial charge in [0.2, 0.25) is 0 Å². The summed E-state index contributed by atoms with van der Waals surface area (Å²) in [4.78, 5) is 30.5. The van der Waals surface area contributed by atoms with E-state index in [1.165, 1.54) is 12.1 Å². The Hall–Kier alpha value is -5.00. The molecule has 38 heavy (non-hydrogen) atoms. The highest BCUT2D eigenvalue weighted by atomic mass is 19.4. The van der Waals surface area contributed by atoms with Crippen LogP contribution in [0.5, 0.6) is 5.75 Å². The molecule has 0 bridgehead atoms. The van der Waals surface area contributed by atoms with Crippen LogP contribution >= 0.6 is 0 Å². The molecule has 0 radical (unpaired) electrons. The topological polar surface area (TPSA) is 107 Å². The maximum atomic E-state index is 12.8. The fourth-order valence-electron chi connectivity index (χ4n) is 3.72. The summed E-state index contributed by atoms with van der Waals surface area (Å²) in [6.45, 7) is 1.88. The number of alkyl halides is 3. The Morgan fingerprint density at radius 2 is 1.82 bits per heavy atom. The van der Waals surface area contributed by atoms with Crippen LogP contribution in [-0.4, -0.2) is 36.8 Å². The van der Waals surface area contributed by atoms with E-state index in [-0.39, 0.29) is 5.56 Å². The van der Waals surface area contributed by atoms with Crippen LogP contribution in [0.25, 0.3) is 22.6 Å². The molecule has 0 saturated heterocycles. The number of nitrogens with zero attached hydrogens (tertiary/aromatic N) is 5. The average molecular weight is 519 g/mol. The van der Waals surface area contributed by atoms with Crippen molar-refractivity contribution in [3.05, 3.63) is 84.4 Å². The summed E-state index contributed by atoms with van der Waals surface area (Å²) in [5.74, 6) is -0.133. The lowest BCUT2D eigenvalue weighted by Gasteiger charge is -2.14. The van der Waals surface area contributed by atoms with Crippen LogP contribution in [0.3, 0.4) is 0 Å². The molecule has 2 N–H and O–H groups in total. The van der Waals surface area contributed by atoms with Crippen molar-refractivity contribution >= 4 is 34.3 Å². The van der Waals surface area contributed by atoms with Crippen molar-refractivity contribution in [2.75, 3.05) is 10.6 Å². The predicted octanol–water partition coefficient (Wildman–Crippen LogP) is 5.63. The number of aromatic nitrogens is 5. The van der Waals surface area contributed by atoms with Crippen molar-refractivity contribution < 1.29 is 22.7 Å². The molecule has 5 aromatic rings. The Morgan fingerprint density at radius 3 is 2.58 bits per heavy atom. The second kappa shape index (κ2) is 9.81. The number of anilines is 3. The van der Waals surface area contributed by atoms with Gasteiger partial charge >= 0.3 is 6.36 Å². The second-order valence-corrected chi connectivity index (χ2v) is 8.34. The summed E-state index contributed by atoms with van der Waals surface area (Å²) in [6, 6.07) is 13.6. The van der Waals surface area contributed by atoms with E-state index in [1.54, 1.807) is 53.6 Å². The predicted molar refractivity (Wildman–Crippen MR) is 135 cm³/mol. The zero-order valence-corrected chi connectivity index (χ0v) is 20.1. The third kappa shape index (κ3) is 5.38. The number of carbonyl (C=O) groups is 1. The normalized spacial score (nSPS) is 11.4. The van der Waals surface area contributed by atoms with Gasteiger partial charge in [0.05, 0.1) is 6.33 Å². The number of aryl methyl sites for hydroxylation is 2. The summed E-state index contributed by atoms with van der Waals surface area (Å²) < 4.78 is 43.4. The van der Waals surface area contributed by atoms with E-state index in [2.05, 4.69) is 35.3 Å². The summed E-state index contributed by atoms with van der Waals surface area (Å²) in [5, 5.41) is 5.99. The Kier molecular flexibility index (Phi) is 6.37. The van der Waals surface area contributed by atoms with Crippen molar-refractivity contribution in [1.82, 2.24) is 24.5 Å². The van der Waals surface area contributed by atoms with Gasteiger partial charge in [0.15, 0.2) is 22.8 Å². The minimum Gasteiger partial charge on any atom is -0.406 e. The molecule has 0 aliphatic heterocycles. The first-order valence-corrected chi connectivity index (χ1v) is 11.3. The molecule has 2 aromatic carbocycles. The summed E-state index contributed by atoms with van der Waals surface area (Å²) >= 11 is 0. The van der Waals surface area contributed by atoms with Crippen molar-refractivity contribution in [1.29, 1.82) is 0 Å². The van der Waals surface area contributed by atoms with E-state index in [0.29, 0.717) is 34.2 Å². The molecule has 0 atom stereocenters. The fourth-order valence-corrected chi connectivity index (χ4v) is 3.72. The van der Waals surface area contributed by atoms with Gasteiger partial charge in [0.1, 0.15) is 5.75 Å². The van der Waals surface area contributed by atoms with Gasteiger partial charge in [0.25, 0.3) is 5.91 Å². The van der Waals surface area contributed by atoms with Gasteiger partial charge < -0.3 is 19.9 Å². The number of carbonyl (C=O) groups excluding carboxylic acids is 1. The van der Waals surface area contributed by atoms with Crippen LogP contribution in [0.4, 0.5) is 30.4 Å². The molecule has 12 heteroatoms. The van der Waals surface area contributed by atoms with E-state index in [0.717, 1.165) is 23.3 Å². The monoisotopic (exact) mass is 519 g/mol. The highest BCUT2D eigenvalue weighted by molar-refractivity contribution is 6.04. The molecule has 3 aromatic heterocycles. The largest absolute Gasteiger partial charge is 0.573 e. The van der Waals surface area contributed by atoms with Crippen molar-refractivity contribution in [2.45, 2.75) is 13.3 Å². The number of fused-ring (bicyclic) bond motifs is 1. The van der Waals surface area contributed by atoms with Gasteiger partial charge in [0, 0.05) is 41.9 Å². The lowest BCUT2D eigenvalue weighted by Crippen LogP contribution is -2.18. The zero-order valence-electron chi connectivity index (χ0n) is 20.1. The first-order valence-electron chi connectivity index (χ1n) is 11.3. The number of ether oxygens (including phenoxy) is 1. The lowest BCUT2D eigenvalue weighted by molar-refractivity contribution is -0.274. The molecule has 3 heterocycles. The SMILES string of the molecule is Cc1ccc(NC(=O)c2cccc(OC(F)(F)F)c2)cc1Nc1nc(-c2ccncc2)nc2c1ncn2C. The quantitative estimate of drug-likeness (QED) is 0.300. The molecule has 9 nitrogen and oxygen atoms in total. The molecule has 1 amide bonds. The number of pyridine rings is 1. The molecular formula is C26H20F3N7O2. The Bertz CT molecular complexity index is 1640. The van der Waals surface area contributed by atoms with Gasteiger partial charge in [-0.2, -0.15) is 0 Å². The molecule has 192 valence electrons. The average Bonchev–Trinajstić information content (AvgIpc) is 3.26. The van der Waals surface area contributed by atoms with Crippen LogP contribution < -0.4 is 15.4 Å². The van der Waals surface area contributed by atoms with E-state index in [4.69, 9.17) is 0 Å². The molecule has 0 aliphatic rings. The van der Waals surface area contributed by atoms with Gasteiger partial charge in [-0.1, -0.05) is 12.1 Å². The smallest absolute Gasteiger partial charge is 0.406 e. The number of hydrogen-bond donors (Lipinski definition) is 2. The van der Waals surface area contributed by atoms with Gasteiger partial charge in [-0.3, -0.25) is 9.78 Å². The van der Waals surface area contributed by atoms with Crippen LogP contribution in [0.15, 0.2) is 73.3 Å². The minimum atomic E-state index is -4.86. The summed E-state index contributed by atoms with van der Waals surface area (Å²) in [7, 11) is 1.83. The number of imidazole rings is 1. The first-order chi connectivity index (χ1) is 18.2. The maximum Gasteiger partial charge on any atom is 0.573 e. The molecule has 5 rings (SSSR count). The van der Waals surface area contributed by atoms with Crippen LogP contribution in [0.1, 0.15) is 15.9 Å². The number of halogens is 3. The molecule has 0 fully saturated rings. The number of benzene rings is 2. The molecule has 0 saturated carbocycles. The Labute approximate surface area is 214 Å². The highest BCUT2D eigenvalue weighted by Gasteiger charge is 2.31. The fraction of sp³-hybridized carbons (Fsp3) is 0.115. The maximum absolute atomic E-state index is 12.8. The third-order valence-electron chi connectivity index (χ3n) is 5.58. The zero-order chi connectivity index (χ0) is 26.9. The molecule has 0 spiro atoms. The minimum absolute atomic E-state index is 0.00909. The molecular weight excluding hydrogens is 499 g/mol. The van der Waals surface area contributed by atoms with Gasteiger partial charge in [-0.25, -0.2) is 15.0 Å². The second-order valence-electron chi connectivity index (χ2n) is 8.34. The number of nitrogens with one attached hydrogen (secondary N) is 2. The number of rotatable bonds is 6. The Morgan fingerprint density at radius 1 is 1.03 bits per heavy atom. The van der Waals surface area contributed by atoms with Crippen LogP contribution in [-0.2, 0) is 7.05 Å². The van der Waals surface area contributed by atoms with E-state index in [1.807, 2.05) is 14.0 Å². The molecule has 0 unspecified atom stereocenters. The lowest BCUT2D eigenvalue weighted by atomic mass is 10.1. The summed E-state index contributed by atoms with van der Waals surface area (Å²) in [6.07, 6.45) is 0.0891. The molecule has 0 aliphatic carbocycles. The van der Waals surface area contributed by atoms with Crippen molar-refractivity contribution in [3.63, 3.8) is 0 Å². The number of hydrogen-bond acceptors (Lipinski definition) is 7. The van der Waals surface area contributed by atoms with E-state index >= 15 is 0 Å². The Balaban J connectivity index is 1.43. The first kappa shape index (κ1) is 24.7. The van der Waals surface area contributed by atoms with Crippen LogP contribution in [0.2, 0.25) is 0 Å². The van der Waals surface area contributed by atoms with E-state index < -0.39 is 18.0 Å². The third-order valence-corrected chi connectivity index (χ3v) is 5.58. The van der Waals surface area contributed by atoms with Crippen molar-refractivity contribution in [3.8, 4) is 17.1 Å². The van der Waals surface area contributed by atoms with E-state index in [9.17, 15) is 18.0 Å². The highest BCUT2D eigenvalue weighted by Crippen LogP contribution is 2.29. The van der Waals surface area contributed by atoms with Crippen molar-refractivity contribution in [2.24, 2.45) is 7.05 Å². The van der Waals surface area contributed by atoms with Gasteiger partial charge in [-0.05, 0) is 55.0 Å².